The van der Waals surface area contributed by atoms with Crippen LogP contribution in [-0.4, -0.2) is 73.4 Å². The minimum atomic E-state index is -1.34. The van der Waals surface area contributed by atoms with Crippen LogP contribution in [0.3, 0.4) is 0 Å². The van der Waals surface area contributed by atoms with Crippen LogP contribution >= 0.6 is 0 Å². The molecule has 4 aromatic rings. The second kappa shape index (κ2) is 15.2. The number of carbonyl (C=O) groups is 3. The number of ether oxygens (including phenoxy) is 2. The molecular weight excluding hydrogens is 582 g/mol. The van der Waals surface area contributed by atoms with Gasteiger partial charge in [0.05, 0.1) is 6.42 Å². The van der Waals surface area contributed by atoms with Crippen molar-refractivity contribution in [2.45, 2.75) is 64.5 Å². The highest BCUT2D eigenvalue weighted by molar-refractivity contribution is 6.76. The van der Waals surface area contributed by atoms with Gasteiger partial charge < -0.3 is 24.5 Å². The number of ketones is 1. The molecule has 2 aromatic heterocycles. The third kappa shape index (κ3) is 9.67. The summed E-state index contributed by atoms with van der Waals surface area (Å²) in [6.45, 7) is 7.59. The van der Waals surface area contributed by atoms with E-state index < -0.39 is 38.4 Å². The summed E-state index contributed by atoms with van der Waals surface area (Å²) in [5.74, 6) is -0.728. The number of alkyl carbamates (subject to hydrolysis) is 1. The maximum Gasteiger partial charge on any atom is 0.408 e. The van der Waals surface area contributed by atoms with Gasteiger partial charge in [-0.3, -0.25) is 9.59 Å². The molecule has 1 unspecified atom stereocenters. The quantitative estimate of drug-likeness (QED) is 0.139. The zero-order chi connectivity index (χ0) is 31.5. The molecule has 0 saturated heterocycles. The Morgan fingerprint density at radius 1 is 1.05 bits per heavy atom. The van der Waals surface area contributed by atoms with Crippen molar-refractivity contribution in [1.82, 2.24) is 35.1 Å². The molecule has 0 bridgehead atoms. The number of tetrazole rings is 1. The number of aliphatic carboxylic acids is 1. The number of hydrogen-bond acceptors (Lipinski definition) is 9. The van der Waals surface area contributed by atoms with Gasteiger partial charge in [-0.2, -0.15) is 0 Å². The molecule has 0 fully saturated rings. The zero-order valence-electron chi connectivity index (χ0n) is 25.0. The SMILES string of the molecule is C[Si](C)(C)CCOCn1ccnc1-c1ccccc1Cc1nnnn1CC(=O)C(CC(=O)O)NC(=O)OCc1ccccc1. The number of carboxylic acids is 1. The van der Waals surface area contributed by atoms with Gasteiger partial charge in [-0.05, 0) is 27.6 Å². The highest BCUT2D eigenvalue weighted by atomic mass is 28.3. The average molecular weight is 620 g/mol. The standard InChI is InChI=1S/C30H37N7O6Si/c1-44(2,3)16-15-42-21-36-14-13-31-29(36)24-12-8-7-11-23(24)17-27-33-34-35-37(27)19-26(38)25(18-28(39)40)32-30(41)43-20-22-9-5-4-6-10-22/h4-14,25H,15-21H2,1-3H3,(H,32,41)(H,39,40). The molecule has 232 valence electrons. The molecule has 0 saturated carbocycles. The van der Waals surface area contributed by atoms with E-state index in [-0.39, 0.29) is 19.6 Å². The summed E-state index contributed by atoms with van der Waals surface area (Å²) < 4.78 is 14.4. The Morgan fingerprint density at radius 3 is 2.55 bits per heavy atom. The van der Waals surface area contributed by atoms with E-state index in [1.807, 2.05) is 41.1 Å². The fourth-order valence-corrected chi connectivity index (χ4v) is 5.08. The highest BCUT2D eigenvalue weighted by Gasteiger charge is 2.26. The number of Topliss-reactive ketones (excluding diaryl/α,β-unsaturated/α-hetero) is 1. The first kappa shape index (κ1) is 32.2. The lowest BCUT2D eigenvalue weighted by molar-refractivity contribution is -0.139. The molecule has 44 heavy (non-hydrogen) atoms. The van der Waals surface area contributed by atoms with Gasteiger partial charge in [0.25, 0.3) is 0 Å². The van der Waals surface area contributed by atoms with Crippen LogP contribution < -0.4 is 5.32 Å². The van der Waals surface area contributed by atoms with Crippen molar-refractivity contribution >= 4 is 25.9 Å². The number of rotatable bonds is 16. The summed E-state index contributed by atoms with van der Waals surface area (Å²) in [5.41, 5.74) is 2.48. The molecule has 0 aliphatic heterocycles. The first-order valence-electron chi connectivity index (χ1n) is 14.2. The van der Waals surface area contributed by atoms with Gasteiger partial charge in [-0.25, -0.2) is 14.5 Å². The summed E-state index contributed by atoms with van der Waals surface area (Å²) in [6.07, 6.45) is 2.33. The molecule has 14 heteroatoms. The second-order valence-electron chi connectivity index (χ2n) is 11.5. The predicted octanol–water partition coefficient (Wildman–Crippen LogP) is 3.78. The van der Waals surface area contributed by atoms with E-state index in [2.05, 4.69) is 45.5 Å². The molecule has 1 atom stereocenters. The van der Waals surface area contributed by atoms with Gasteiger partial charge in [0.2, 0.25) is 0 Å². The summed E-state index contributed by atoms with van der Waals surface area (Å²) in [4.78, 5) is 41.6. The number of carboxylic acid groups (broad SMARTS) is 1. The van der Waals surface area contributed by atoms with Gasteiger partial charge >= 0.3 is 12.1 Å². The molecule has 0 radical (unpaired) electrons. The summed E-state index contributed by atoms with van der Waals surface area (Å²) >= 11 is 0. The van der Waals surface area contributed by atoms with Crippen molar-refractivity contribution in [3.05, 3.63) is 83.9 Å². The number of imidazole rings is 1. The minimum absolute atomic E-state index is 0.0277. The van der Waals surface area contributed by atoms with Crippen molar-refractivity contribution in [2.24, 2.45) is 0 Å². The van der Waals surface area contributed by atoms with E-state index in [0.29, 0.717) is 19.2 Å². The van der Waals surface area contributed by atoms with Crippen molar-refractivity contribution in [1.29, 1.82) is 0 Å². The largest absolute Gasteiger partial charge is 0.481 e. The van der Waals surface area contributed by atoms with E-state index >= 15 is 0 Å². The molecule has 1 amide bonds. The number of benzene rings is 2. The van der Waals surface area contributed by atoms with E-state index in [4.69, 9.17) is 9.47 Å². The van der Waals surface area contributed by atoms with Gasteiger partial charge in [0.15, 0.2) is 11.6 Å². The molecule has 0 aliphatic carbocycles. The van der Waals surface area contributed by atoms with E-state index in [1.54, 1.807) is 30.5 Å². The molecule has 0 spiro atoms. The van der Waals surface area contributed by atoms with Crippen LogP contribution in [0.1, 0.15) is 23.4 Å². The van der Waals surface area contributed by atoms with Crippen LogP contribution in [-0.2, 0) is 45.4 Å². The molecule has 0 aliphatic rings. The zero-order valence-corrected chi connectivity index (χ0v) is 26.0. The van der Waals surface area contributed by atoms with Crippen molar-refractivity contribution in [3.63, 3.8) is 0 Å². The Balaban J connectivity index is 1.43. The van der Waals surface area contributed by atoms with Crippen LogP contribution in [0.4, 0.5) is 4.79 Å². The highest BCUT2D eigenvalue weighted by Crippen LogP contribution is 2.24. The minimum Gasteiger partial charge on any atom is -0.481 e. The smallest absolute Gasteiger partial charge is 0.408 e. The molecule has 13 nitrogen and oxygen atoms in total. The van der Waals surface area contributed by atoms with Crippen LogP contribution in [0.5, 0.6) is 0 Å². The number of hydrogen-bond donors (Lipinski definition) is 2. The maximum atomic E-state index is 13.2. The topological polar surface area (TPSA) is 163 Å². The Kier molecular flexibility index (Phi) is 11.1. The fraction of sp³-hybridized carbons (Fsp3) is 0.367. The van der Waals surface area contributed by atoms with Gasteiger partial charge in [0.1, 0.15) is 31.7 Å². The first-order chi connectivity index (χ1) is 21.1. The predicted molar refractivity (Wildman–Crippen MR) is 163 cm³/mol. The number of nitrogens with one attached hydrogen (secondary N) is 1. The number of carbonyl (C=O) groups excluding carboxylic acids is 2. The number of amides is 1. The van der Waals surface area contributed by atoms with Crippen LogP contribution in [0.2, 0.25) is 25.7 Å². The van der Waals surface area contributed by atoms with Crippen molar-refractivity contribution in [2.75, 3.05) is 6.61 Å². The van der Waals surface area contributed by atoms with Gasteiger partial charge in [0, 0.05) is 39.1 Å². The Bertz CT molecular complexity index is 1550. The van der Waals surface area contributed by atoms with Crippen molar-refractivity contribution in [3.8, 4) is 11.4 Å². The summed E-state index contributed by atoms with van der Waals surface area (Å²) in [5, 5.41) is 23.5. The van der Waals surface area contributed by atoms with Crippen LogP contribution in [0, 0.1) is 0 Å². The normalized spacial score (nSPS) is 12.1. The van der Waals surface area contributed by atoms with Gasteiger partial charge in [-0.15, -0.1) is 5.10 Å². The van der Waals surface area contributed by atoms with Gasteiger partial charge in [-0.1, -0.05) is 74.2 Å². The van der Waals surface area contributed by atoms with Crippen LogP contribution in [0.25, 0.3) is 11.4 Å². The Labute approximate surface area is 256 Å². The molecule has 2 N–H and O–H groups in total. The molecule has 2 aromatic carbocycles. The third-order valence-corrected chi connectivity index (χ3v) is 8.44. The molecule has 2 heterocycles. The fourth-order valence-electron chi connectivity index (χ4n) is 4.32. The molecular formula is C30H37N7O6Si. The number of nitrogens with zero attached hydrogens (tertiary/aromatic N) is 6. The Morgan fingerprint density at radius 2 is 1.80 bits per heavy atom. The first-order valence-corrected chi connectivity index (χ1v) is 17.9. The Hall–Kier alpha value is -4.69. The summed E-state index contributed by atoms with van der Waals surface area (Å²) in [6, 6.07) is 16.4. The monoisotopic (exact) mass is 619 g/mol. The number of aromatic nitrogens is 6. The second-order valence-corrected chi connectivity index (χ2v) is 17.1. The van der Waals surface area contributed by atoms with Crippen molar-refractivity contribution < 1.29 is 29.0 Å². The van der Waals surface area contributed by atoms with E-state index in [1.165, 1.54) is 4.68 Å². The van der Waals surface area contributed by atoms with E-state index in [0.717, 1.165) is 28.6 Å². The third-order valence-electron chi connectivity index (χ3n) is 6.73. The lowest BCUT2D eigenvalue weighted by atomic mass is 10.0. The average Bonchev–Trinajstić information content (AvgIpc) is 3.63. The lowest BCUT2D eigenvalue weighted by Crippen LogP contribution is -2.44. The molecule has 4 rings (SSSR count). The summed E-state index contributed by atoms with van der Waals surface area (Å²) in [7, 11) is -1.21. The van der Waals surface area contributed by atoms with Crippen LogP contribution in [0.15, 0.2) is 67.0 Å². The lowest BCUT2D eigenvalue weighted by Gasteiger charge is -2.17. The maximum absolute atomic E-state index is 13.2. The van der Waals surface area contributed by atoms with E-state index in [9.17, 15) is 19.5 Å².